The van der Waals surface area contributed by atoms with E-state index in [4.69, 9.17) is 10.5 Å². The fraction of sp³-hybridized carbons (Fsp3) is 0.455. The number of amides is 2. The predicted molar refractivity (Wildman–Crippen MR) is 117 cm³/mol. The number of hydrogen-bond donors (Lipinski definition) is 2. The summed E-state index contributed by atoms with van der Waals surface area (Å²) in [6.45, 7) is 2.53. The monoisotopic (exact) mass is 469 g/mol. The third kappa shape index (κ3) is 5.80. The standard InChI is InChI=1S/C22H26F3N3O3S/c1-12-7-14(8-13(2)19(12)31-11-22(23,24)25)9-28(3)10-17(29)27-21-18(20(26)30)15-5-4-6-16(15)32-21/h7-8H,4-6,9-11H2,1-3H3,(H2,26,30)(H,27,29). The second kappa shape index (κ2) is 9.50. The average Bonchev–Trinajstić information content (AvgIpc) is 3.19. The molecule has 0 spiro atoms. The van der Waals surface area contributed by atoms with Crippen LogP contribution in [0.15, 0.2) is 12.1 Å². The van der Waals surface area contributed by atoms with Crippen LogP contribution in [-0.2, 0) is 24.2 Å². The molecule has 6 nitrogen and oxygen atoms in total. The van der Waals surface area contributed by atoms with Crippen LogP contribution < -0.4 is 15.8 Å². The van der Waals surface area contributed by atoms with Crippen molar-refractivity contribution in [2.24, 2.45) is 5.73 Å². The number of alkyl halides is 3. The molecule has 10 heteroatoms. The number of fused-ring (bicyclic) bond motifs is 1. The number of halogens is 3. The van der Waals surface area contributed by atoms with Gasteiger partial charge in [-0.3, -0.25) is 14.5 Å². The quantitative estimate of drug-likeness (QED) is 0.613. The van der Waals surface area contributed by atoms with Gasteiger partial charge in [-0.05, 0) is 62.4 Å². The smallest absolute Gasteiger partial charge is 0.422 e. The molecular weight excluding hydrogens is 443 g/mol. The molecule has 2 aromatic rings. The van der Waals surface area contributed by atoms with E-state index in [1.165, 1.54) is 11.3 Å². The van der Waals surface area contributed by atoms with E-state index in [2.05, 4.69) is 5.32 Å². The molecular formula is C22H26F3N3O3S. The average molecular weight is 470 g/mol. The maximum Gasteiger partial charge on any atom is 0.422 e. The topological polar surface area (TPSA) is 84.7 Å². The Hall–Kier alpha value is -2.59. The van der Waals surface area contributed by atoms with Gasteiger partial charge >= 0.3 is 6.18 Å². The van der Waals surface area contributed by atoms with Gasteiger partial charge < -0.3 is 15.8 Å². The van der Waals surface area contributed by atoms with Crippen molar-refractivity contribution in [1.29, 1.82) is 0 Å². The Labute approximate surface area is 188 Å². The minimum Gasteiger partial charge on any atom is -0.484 e. The van der Waals surface area contributed by atoms with Crippen molar-refractivity contribution in [3.05, 3.63) is 44.8 Å². The van der Waals surface area contributed by atoms with Crippen LogP contribution in [0.5, 0.6) is 5.75 Å². The van der Waals surface area contributed by atoms with Crippen LogP contribution in [0.1, 0.15) is 43.9 Å². The van der Waals surface area contributed by atoms with Crippen LogP contribution >= 0.6 is 11.3 Å². The number of primary amides is 1. The molecule has 1 aliphatic rings. The Kier molecular flexibility index (Phi) is 7.14. The SMILES string of the molecule is Cc1cc(CN(C)CC(=O)Nc2sc3c(c2C(N)=O)CCC3)cc(C)c1OCC(F)(F)F. The van der Waals surface area contributed by atoms with Gasteiger partial charge in [0.2, 0.25) is 5.91 Å². The summed E-state index contributed by atoms with van der Waals surface area (Å²) in [5.41, 5.74) is 8.94. The molecule has 3 N–H and O–H groups in total. The number of thiophene rings is 1. The second-order valence-electron chi connectivity index (χ2n) is 8.11. The van der Waals surface area contributed by atoms with Crippen molar-refractivity contribution in [2.45, 2.75) is 45.8 Å². The van der Waals surface area contributed by atoms with E-state index in [0.717, 1.165) is 35.3 Å². The summed E-state index contributed by atoms with van der Waals surface area (Å²) >= 11 is 1.40. The molecule has 1 aromatic carbocycles. The molecule has 0 saturated carbocycles. The summed E-state index contributed by atoms with van der Waals surface area (Å²) in [5.74, 6) is -0.587. The normalized spacial score (nSPS) is 13.3. The van der Waals surface area contributed by atoms with Crippen molar-refractivity contribution in [3.8, 4) is 5.75 Å². The molecule has 0 radical (unpaired) electrons. The summed E-state index contributed by atoms with van der Waals surface area (Å²) in [5, 5.41) is 3.31. The highest BCUT2D eigenvalue weighted by Gasteiger charge is 2.29. The fourth-order valence-corrected chi connectivity index (χ4v) is 5.36. The number of benzene rings is 1. The Morgan fingerprint density at radius 3 is 2.47 bits per heavy atom. The number of ether oxygens (including phenoxy) is 1. The van der Waals surface area contributed by atoms with E-state index in [9.17, 15) is 22.8 Å². The van der Waals surface area contributed by atoms with Gasteiger partial charge in [-0.1, -0.05) is 12.1 Å². The number of likely N-dealkylation sites (N-methyl/N-ethyl adjacent to an activating group) is 1. The largest absolute Gasteiger partial charge is 0.484 e. The highest BCUT2D eigenvalue weighted by molar-refractivity contribution is 7.17. The number of nitrogens with zero attached hydrogens (tertiary/aromatic N) is 1. The first-order valence-corrected chi connectivity index (χ1v) is 11.0. The predicted octanol–water partition coefficient (Wildman–Crippen LogP) is 3.96. The van der Waals surface area contributed by atoms with Crippen molar-refractivity contribution in [2.75, 3.05) is 25.5 Å². The molecule has 0 saturated heterocycles. The van der Waals surface area contributed by atoms with Gasteiger partial charge in [-0.25, -0.2) is 0 Å². The van der Waals surface area contributed by atoms with Gasteiger partial charge in [0.15, 0.2) is 6.61 Å². The van der Waals surface area contributed by atoms with Crippen molar-refractivity contribution >= 4 is 28.2 Å². The molecule has 1 heterocycles. The van der Waals surface area contributed by atoms with Crippen LogP contribution in [0.25, 0.3) is 0 Å². The van der Waals surface area contributed by atoms with Crippen molar-refractivity contribution in [1.82, 2.24) is 4.90 Å². The number of carbonyl (C=O) groups excluding carboxylic acids is 2. The molecule has 174 valence electrons. The number of rotatable bonds is 8. The molecule has 32 heavy (non-hydrogen) atoms. The van der Waals surface area contributed by atoms with Crippen LogP contribution in [0, 0.1) is 13.8 Å². The molecule has 3 rings (SSSR count). The number of anilines is 1. The summed E-state index contributed by atoms with van der Waals surface area (Å²) in [6, 6.07) is 3.50. The van der Waals surface area contributed by atoms with Gasteiger partial charge in [0, 0.05) is 11.4 Å². The molecule has 1 aliphatic carbocycles. The first kappa shape index (κ1) is 24.1. The third-order valence-corrected chi connectivity index (χ3v) is 6.39. The Balaban J connectivity index is 1.62. The second-order valence-corrected chi connectivity index (χ2v) is 9.21. The Bertz CT molecular complexity index is 1010. The molecule has 1 aromatic heterocycles. The number of nitrogens with two attached hydrogens (primary N) is 1. The lowest BCUT2D eigenvalue weighted by Gasteiger charge is -2.19. The van der Waals surface area contributed by atoms with E-state index in [-0.39, 0.29) is 18.2 Å². The highest BCUT2D eigenvalue weighted by Crippen LogP contribution is 2.38. The minimum atomic E-state index is -4.40. The number of nitrogens with one attached hydrogen (secondary N) is 1. The lowest BCUT2D eigenvalue weighted by molar-refractivity contribution is -0.153. The molecule has 0 unspecified atom stereocenters. The van der Waals surface area contributed by atoms with Crippen LogP contribution in [0.2, 0.25) is 0 Å². The third-order valence-electron chi connectivity index (χ3n) is 5.19. The van der Waals surface area contributed by atoms with Crippen molar-refractivity contribution in [3.63, 3.8) is 0 Å². The highest BCUT2D eigenvalue weighted by atomic mass is 32.1. The van der Waals surface area contributed by atoms with Crippen LogP contribution in [0.4, 0.5) is 18.2 Å². The zero-order chi connectivity index (χ0) is 23.6. The maximum atomic E-state index is 12.6. The van der Waals surface area contributed by atoms with Gasteiger partial charge in [0.25, 0.3) is 5.91 Å². The molecule has 0 bridgehead atoms. The van der Waals surface area contributed by atoms with Gasteiger partial charge in [-0.2, -0.15) is 13.2 Å². The zero-order valence-electron chi connectivity index (χ0n) is 18.2. The summed E-state index contributed by atoms with van der Waals surface area (Å²) in [7, 11) is 1.77. The first-order chi connectivity index (χ1) is 14.9. The number of aryl methyl sites for hydroxylation is 3. The Morgan fingerprint density at radius 1 is 1.22 bits per heavy atom. The molecule has 0 fully saturated rings. The fourth-order valence-electron chi connectivity index (χ4n) is 4.04. The maximum absolute atomic E-state index is 12.6. The van der Waals surface area contributed by atoms with Crippen LogP contribution in [0.3, 0.4) is 0 Å². The summed E-state index contributed by atoms with van der Waals surface area (Å²) in [6.07, 6.45) is -1.74. The van der Waals surface area contributed by atoms with E-state index in [1.807, 2.05) is 0 Å². The van der Waals surface area contributed by atoms with Gasteiger partial charge in [-0.15, -0.1) is 11.3 Å². The lowest BCUT2D eigenvalue weighted by Crippen LogP contribution is -2.30. The van der Waals surface area contributed by atoms with Gasteiger partial charge in [0.1, 0.15) is 10.8 Å². The molecule has 2 amide bonds. The molecule has 0 atom stereocenters. The summed E-state index contributed by atoms with van der Waals surface area (Å²) in [4.78, 5) is 27.3. The van der Waals surface area contributed by atoms with E-state index < -0.39 is 18.7 Å². The van der Waals surface area contributed by atoms with E-state index in [1.54, 1.807) is 37.9 Å². The van der Waals surface area contributed by atoms with Gasteiger partial charge in [0.05, 0.1) is 12.1 Å². The first-order valence-electron chi connectivity index (χ1n) is 10.2. The molecule has 0 aliphatic heterocycles. The number of carbonyl (C=O) groups is 2. The van der Waals surface area contributed by atoms with E-state index >= 15 is 0 Å². The Morgan fingerprint density at radius 2 is 1.88 bits per heavy atom. The zero-order valence-corrected chi connectivity index (χ0v) is 19.0. The number of hydrogen-bond acceptors (Lipinski definition) is 5. The van der Waals surface area contributed by atoms with E-state index in [0.29, 0.717) is 28.2 Å². The summed E-state index contributed by atoms with van der Waals surface area (Å²) < 4.78 is 42.3. The lowest BCUT2D eigenvalue weighted by atomic mass is 10.1. The van der Waals surface area contributed by atoms with Crippen LogP contribution in [-0.4, -0.2) is 43.1 Å². The van der Waals surface area contributed by atoms with Crippen molar-refractivity contribution < 1.29 is 27.5 Å². The minimum absolute atomic E-state index is 0.0746.